The Hall–Kier alpha value is -1.81. The molecule has 0 aliphatic rings. The molecule has 2 N–H and O–H groups in total. The third kappa shape index (κ3) is 3.60. The van der Waals surface area contributed by atoms with Gasteiger partial charge in [-0.2, -0.15) is 5.10 Å². The van der Waals surface area contributed by atoms with E-state index in [1.165, 1.54) is 5.56 Å². The fourth-order valence-corrected chi connectivity index (χ4v) is 1.75. The molecular formula is C14H19N3O. The van der Waals surface area contributed by atoms with Crippen LogP contribution in [0.25, 0.3) is 0 Å². The zero-order valence-electron chi connectivity index (χ0n) is 10.8. The number of rotatable bonds is 5. The van der Waals surface area contributed by atoms with Gasteiger partial charge in [0.1, 0.15) is 5.75 Å². The lowest BCUT2D eigenvalue weighted by molar-refractivity contribution is 0.474. The Morgan fingerprint density at radius 2 is 2.17 bits per heavy atom. The summed E-state index contributed by atoms with van der Waals surface area (Å²) in [7, 11) is 0. The first-order valence-electron chi connectivity index (χ1n) is 6.16. The highest BCUT2D eigenvalue weighted by atomic mass is 16.3. The monoisotopic (exact) mass is 245 g/mol. The Labute approximate surface area is 107 Å². The summed E-state index contributed by atoms with van der Waals surface area (Å²) in [5, 5.41) is 17.1. The molecule has 18 heavy (non-hydrogen) atoms. The van der Waals surface area contributed by atoms with Crippen LogP contribution in [0.5, 0.6) is 5.75 Å². The largest absolute Gasteiger partial charge is 0.508 e. The van der Waals surface area contributed by atoms with Crippen LogP contribution in [0.15, 0.2) is 36.7 Å². The molecule has 0 atom stereocenters. The summed E-state index contributed by atoms with van der Waals surface area (Å²) in [6.45, 7) is 5.75. The van der Waals surface area contributed by atoms with E-state index in [0.29, 0.717) is 18.3 Å². The highest BCUT2D eigenvalue weighted by molar-refractivity contribution is 5.27. The number of aromatic hydroxyl groups is 1. The summed E-state index contributed by atoms with van der Waals surface area (Å²) >= 11 is 0. The van der Waals surface area contributed by atoms with Crippen molar-refractivity contribution in [1.82, 2.24) is 15.1 Å². The Morgan fingerprint density at radius 3 is 2.89 bits per heavy atom. The van der Waals surface area contributed by atoms with E-state index >= 15 is 0 Å². The van der Waals surface area contributed by atoms with Crippen molar-refractivity contribution in [1.29, 1.82) is 0 Å². The Bertz CT molecular complexity index is 505. The fourth-order valence-electron chi connectivity index (χ4n) is 1.75. The summed E-state index contributed by atoms with van der Waals surface area (Å²) in [5.41, 5.74) is 2.21. The average Bonchev–Trinajstić information content (AvgIpc) is 2.74. The van der Waals surface area contributed by atoms with Crippen LogP contribution in [-0.4, -0.2) is 20.9 Å². The zero-order valence-corrected chi connectivity index (χ0v) is 10.8. The van der Waals surface area contributed by atoms with Gasteiger partial charge in [-0.1, -0.05) is 26.0 Å². The minimum atomic E-state index is 0.293. The van der Waals surface area contributed by atoms with Gasteiger partial charge in [0, 0.05) is 24.3 Å². The summed E-state index contributed by atoms with van der Waals surface area (Å²) in [6, 6.07) is 7.72. The first-order chi connectivity index (χ1) is 8.63. The van der Waals surface area contributed by atoms with E-state index < -0.39 is 0 Å². The molecule has 4 nitrogen and oxygen atoms in total. The van der Waals surface area contributed by atoms with Gasteiger partial charge in [-0.25, -0.2) is 0 Å². The van der Waals surface area contributed by atoms with E-state index in [1.54, 1.807) is 12.1 Å². The molecular weight excluding hydrogens is 226 g/mol. The van der Waals surface area contributed by atoms with E-state index in [1.807, 2.05) is 29.2 Å². The van der Waals surface area contributed by atoms with Crippen LogP contribution < -0.4 is 5.32 Å². The Balaban J connectivity index is 1.98. The maximum absolute atomic E-state index is 9.40. The first-order valence-corrected chi connectivity index (χ1v) is 6.16. The average molecular weight is 245 g/mol. The maximum atomic E-state index is 9.40. The maximum Gasteiger partial charge on any atom is 0.115 e. The van der Waals surface area contributed by atoms with Crippen molar-refractivity contribution < 1.29 is 5.11 Å². The molecule has 2 aromatic rings. The number of nitrogens with zero attached hydrogens (tertiary/aromatic N) is 2. The van der Waals surface area contributed by atoms with Crippen LogP contribution >= 0.6 is 0 Å². The smallest absolute Gasteiger partial charge is 0.115 e. The van der Waals surface area contributed by atoms with Crippen molar-refractivity contribution >= 4 is 0 Å². The van der Waals surface area contributed by atoms with Gasteiger partial charge >= 0.3 is 0 Å². The molecule has 1 aromatic carbocycles. The molecule has 0 saturated heterocycles. The predicted molar refractivity (Wildman–Crippen MR) is 71.4 cm³/mol. The number of nitrogens with one attached hydrogen (secondary N) is 1. The first kappa shape index (κ1) is 12.6. The van der Waals surface area contributed by atoms with Crippen LogP contribution in [0.1, 0.15) is 25.0 Å². The van der Waals surface area contributed by atoms with E-state index in [2.05, 4.69) is 24.3 Å². The fraction of sp³-hybridized carbons (Fsp3) is 0.357. The molecule has 2 rings (SSSR count). The molecule has 0 amide bonds. The normalized spacial score (nSPS) is 11.1. The lowest BCUT2D eigenvalue weighted by Gasteiger charge is -2.05. The van der Waals surface area contributed by atoms with Gasteiger partial charge in [0.25, 0.3) is 0 Å². The second-order valence-corrected chi connectivity index (χ2v) is 4.75. The van der Waals surface area contributed by atoms with Crippen molar-refractivity contribution in [2.24, 2.45) is 0 Å². The molecule has 0 aliphatic carbocycles. The minimum absolute atomic E-state index is 0.293. The number of hydrogen-bond donors (Lipinski definition) is 2. The molecule has 1 heterocycles. The van der Waals surface area contributed by atoms with Crippen molar-refractivity contribution in [2.45, 2.75) is 33.0 Å². The quantitative estimate of drug-likeness (QED) is 0.848. The van der Waals surface area contributed by atoms with Gasteiger partial charge in [0.15, 0.2) is 0 Å². The summed E-state index contributed by atoms with van der Waals surface area (Å²) in [4.78, 5) is 0. The van der Waals surface area contributed by atoms with E-state index in [9.17, 15) is 5.11 Å². The number of hydrogen-bond acceptors (Lipinski definition) is 3. The SMILES string of the molecule is CC(C)NCc1cnn(Cc2cccc(O)c2)c1. The minimum Gasteiger partial charge on any atom is -0.508 e. The van der Waals surface area contributed by atoms with Gasteiger partial charge in [-0.15, -0.1) is 0 Å². The van der Waals surface area contributed by atoms with Gasteiger partial charge in [0.2, 0.25) is 0 Å². The number of benzene rings is 1. The molecule has 0 spiro atoms. The molecule has 0 bridgehead atoms. The molecule has 4 heteroatoms. The molecule has 0 saturated carbocycles. The standard InChI is InChI=1S/C14H19N3O/c1-11(2)15-7-13-8-16-17(10-13)9-12-4-3-5-14(18)6-12/h3-6,8,10-11,15,18H,7,9H2,1-2H3. The van der Waals surface area contributed by atoms with Gasteiger partial charge in [-0.3, -0.25) is 4.68 Å². The Morgan fingerprint density at radius 1 is 1.33 bits per heavy atom. The van der Waals surface area contributed by atoms with Crippen molar-refractivity contribution in [3.63, 3.8) is 0 Å². The number of phenols is 1. The number of aromatic nitrogens is 2. The summed E-state index contributed by atoms with van der Waals surface area (Å²) < 4.78 is 1.88. The second kappa shape index (κ2) is 5.69. The lowest BCUT2D eigenvalue weighted by Crippen LogP contribution is -2.21. The van der Waals surface area contributed by atoms with Gasteiger partial charge in [-0.05, 0) is 17.7 Å². The van der Waals surface area contributed by atoms with E-state index in [-0.39, 0.29) is 0 Å². The van der Waals surface area contributed by atoms with Crippen molar-refractivity contribution in [3.8, 4) is 5.75 Å². The van der Waals surface area contributed by atoms with Crippen LogP contribution in [0.2, 0.25) is 0 Å². The third-order valence-corrected chi connectivity index (χ3v) is 2.66. The summed E-state index contributed by atoms with van der Waals surface area (Å²) in [5.74, 6) is 0.293. The highest BCUT2D eigenvalue weighted by Crippen LogP contribution is 2.12. The number of phenolic OH excluding ortho intramolecular Hbond substituents is 1. The van der Waals surface area contributed by atoms with Crippen LogP contribution in [0.4, 0.5) is 0 Å². The van der Waals surface area contributed by atoms with Gasteiger partial charge in [0.05, 0.1) is 12.7 Å². The van der Waals surface area contributed by atoms with Crippen LogP contribution in [-0.2, 0) is 13.1 Å². The Kier molecular flexibility index (Phi) is 3.99. The van der Waals surface area contributed by atoms with Crippen LogP contribution in [0, 0.1) is 0 Å². The topological polar surface area (TPSA) is 50.1 Å². The summed E-state index contributed by atoms with van der Waals surface area (Å²) in [6.07, 6.45) is 3.90. The van der Waals surface area contributed by atoms with E-state index in [4.69, 9.17) is 0 Å². The van der Waals surface area contributed by atoms with Crippen molar-refractivity contribution in [2.75, 3.05) is 0 Å². The molecule has 0 radical (unpaired) electrons. The third-order valence-electron chi connectivity index (χ3n) is 2.66. The molecule has 0 aliphatic heterocycles. The van der Waals surface area contributed by atoms with Crippen LogP contribution in [0.3, 0.4) is 0 Å². The molecule has 96 valence electrons. The van der Waals surface area contributed by atoms with Gasteiger partial charge < -0.3 is 10.4 Å². The second-order valence-electron chi connectivity index (χ2n) is 4.75. The lowest BCUT2D eigenvalue weighted by atomic mass is 10.2. The van der Waals surface area contributed by atoms with Crippen molar-refractivity contribution in [3.05, 3.63) is 47.8 Å². The molecule has 1 aromatic heterocycles. The molecule has 0 unspecified atom stereocenters. The predicted octanol–water partition coefficient (Wildman–Crippen LogP) is 2.13. The van der Waals surface area contributed by atoms with E-state index in [0.717, 1.165) is 12.1 Å². The zero-order chi connectivity index (χ0) is 13.0. The molecule has 0 fully saturated rings. The highest BCUT2D eigenvalue weighted by Gasteiger charge is 2.01.